The number of esters is 1. The second-order valence-corrected chi connectivity index (χ2v) is 9.70. The smallest absolute Gasteiger partial charge is 0.324 e. The molecule has 1 N–H and O–H groups in total. The predicted octanol–water partition coefficient (Wildman–Crippen LogP) is 3.25. The highest BCUT2D eigenvalue weighted by Crippen LogP contribution is 2.26. The summed E-state index contributed by atoms with van der Waals surface area (Å²) in [4.78, 5) is 24.9. The van der Waals surface area contributed by atoms with Crippen LogP contribution in [0.25, 0.3) is 0 Å². The fraction of sp³-hybridized carbons (Fsp3) is 0.318. The number of nitrogens with zero attached hydrogens (tertiary/aromatic N) is 2. The zero-order chi connectivity index (χ0) is 23.3. The lowest BCUT2D eigenvalue weighted by Gasteiger charge is -2.33. The molecule has 1 unspecified atom stereocenters. The third-order valence-corrected chi connectivity index (χ3v) is 7.31. The fourth-order valence-corrected chi connectivity index (χ4v) is 5.26. The van der Waals surface area contributed by atoms with Crippen molar-refractivity contribution in [3.8, 4) is 6.07 Å². The van der Waals surface area contributed by atoms with Crippen LogP contribution in [0.5, 0.6) is 0 Å². The number of piperidine rings is 1. The summed E-state index contributed by atoms with van der Waals surface area (Å²) in [7, 11) is -3.88. The second-order valence-electron chi connectivity index (χ2n) is 7.40. The number of hydrogen-bond acceptors (Lipinski definition) is 6. The summed E-state index contributed by atoms with van der Waals surface area (Å²) in [6.07, 6.45) is 1.63. The first-order chi connectivity index (χ1) is 15.2. The Morgan fingerprint density at radius 2 is 1.94 bits per heavy atom. The fourth-order valence-electron chi connectivity index (χ4n) is 3.39. The standard InChI is InChI=1S/C22H22ClN3O5S/c1-15-5-9-18(10-6-15)32(29,30)26-11-3-2-4-20(26)22(28)31-14-21(27)25-17-8-7-16(13-24)19(23)12-17/h5-10,12,20H,2-4,11,14H2,1H3,(H,25,27). The maximum atomic E-state index is 13.1. The minimum Gasteiger partial charge on any atom is -0.454 e. The molecule has 0 saturated carbocycles. The van der Waals surface area contributed by atoms with Gasteiger partial charge >= 0.3 is 5.97 Å². The van der Waals surface area contributed by atoms with Crippen molar-refractivity contribution in [3.05, 3.63) is 58.6 Å². The van der Waals surface area contributed by atoms with Gasteiger partial charge in [0.1, 0.15) is 12.1 Å². The van der Waals surface area contributed by atoms with Crippen LogP contribution in [0.2, 0.25) is 5.02 Å². The Morgan fingerprint density at radius 1 is 1.22 bits per heavy atom. The van der Waals surface area contributed by atoms with Crippen LogP contribution in [-0.4, -0.2) is 43.8 Å². The van der Waals surface area contributed by atoms with Gasteiger partial charge in [0.2, 0.25) is 10.0 Å². The number of sulfonamides is 1. The number of halogens is 1. The highest BCUT2D eigenvalue weighted by atomic mass is 35.5. The molecule has 1 aliphatic heterocycles. The SMILES string of the molecule is Cc1ccc(S(=O)(=O)N2CCCCC2C(=O)OCC(=O)Nc2ccc(C#N)c(Cl)c2)cc1. The van der Waals surface area contributed by atoms with E-state index in [1.54, 1.807) is 12.1 Å². The lowest BCUT2D eigenvalue weighted by molar-refractivity contribution is -0.152. The van der Waals surface area contributed by atoms with E-state index in [1.807, 2.05) is 13.0 Å². The Hall–Kier alpha value is -2.93. The van der Waals surface area contributed by atoms with Crippen molar-refractivity contribution in [2.24, 2.45) is 0 Å². The normalized spacial score (nSPS) is 16.7. The summed E-state index contributed by atoms with van der Waals surface area (Å²) < 4.78 is 32.4. The van der Waals surface area contributed by atoms with Crippen LogP contribution in [0.3, 0.4) is 0 Å². The molecule has 0 spiro atoms. The minimum atomic E-state index is -3.88. The van der Waals surface area contributed by atoms with Gasteiger partial charge in [-0.15, -0.1) is 0 Å². The van der Waals surface area contributed by atoms with E-state index in [1.165, 1.54) is 30.3 Å². The number of ether oxygens (including phenoxy) is 1. The molecule has 1 aliphatic rings. The van der Waals surface area contributed by atoms with Crippen molar-refractivity contribution in [1.82, 2.24) is 4.31 Å². The molecule has 8 nitrogen and oxygen atoms in total. The van der Waals surface area contributed by atoms with E-state index in [-0.39, 0.29) is 22.0 Å². The number of carbonyl (C=O) groups excluding carboxylic acids is 2. The topological polar surface area (TPSA) is 117 Å². The van der Waals surface area contributed by atoms with Crippen LogP contribution >= 0.6 is 11.6 Å². The molecular formula is C22H22ClN3O5S. The van der Waals surface area contributed by atoms with E-state index in [2.05, 4.69) is 5.32 Å². The van der Waals surface area contributed by atoms with Crippen molar-refractivity contribution in [2.75, 3.05) is 18.5 Å². The molecular weight excluding hydrogens is 454 g/mol. The van der Waals surface area contributed by atoms with Crippen LogP contribution in [0.4, 0.5) is 5.69 Å². The number of nitriles is 1. The number of carbonyl (C=O) groups is 2. The third kappa shape index (κ3) is 5.46. The number of rotatable bonds is 6. The molecule has 0 aliphatic carbocycles. The molecule has 3 rings (SSSR count). The summed E-state index contributed by atoms with van der Waals surface area (Å²) in [5.74, 6) is -1.38. The van der Waals surface area contributed by atoms with Crippen LogP contribution in [0, 0.1) is 18.3 Å². The first-order valence-electron chi connectivity index (χ1n) is 9.97. The van der Waals surface area contributed by atoms with Gasteiger partial charge in [-0.3, -0.25) is 9.59 Å². The van der Waals surface area contributed by atoms with Crippen LogP contribution in [0.1, 0.15) is 30.4 Å². The predicted molar refractivity (Wildman–Crippen MR) is 118 cm³/mol. The number of aryl methyl sites for hydroxylation is 1. The molecule has 168 valence electrons. The van der Waals surface area contributed by atoms with E-state index < -0.39 is 34.5 Å². The molecule has 1 amide bonds. The van der Waals surface area contributed by atoms with Crippen molar-refractivity contribution < 1.29 is 22.7 Å². The second kappa shape index (κ2) is 10.1. The minimum absolute atomic E-state index is 0.109. The van der Waals surface area contributed by atoms with Gasteiger partial charge in [-0.05, 0) is 56.5 Å². The van der Waals surface area contributed by atoms with Crippen LogP contribution in [0.15, 0.2) is 47.4 Å². The van der Waals surface area contributed by atoms with E-state index in [0.717, 1.165) is 9.87 Å². The Morgan fingerprint density at radius 3 is 2.59 bits per heavy atom. The van der Waals surface area contributed by atoms with E-state index in [9.17, 15) is 18.0 Å². The lowest BCUT2D eigenvalue weighted by atomic mass is 10.1. The first-order valence-corrected chi connectivity index (χ1v) is 11.8. The maximum absolute atomic E-state index is 13.1. The molecule has 2 aromatic rings. The lowest BCUT2D eigenvalue weighted by Crippen LogP contribution is -2.48. The molecule has 1 heterocycles. The number of hydrogen-bond donors (Lipinski definition) is 1. The zero-order valence-corrected chi connectivity index (χ0v) is 18.9. The monoisotopic (exact) mass is 475 g/mol. The first kappa shape index (κ1) is 23.7. The number of nitrogens with one attached hydrogen (secondary N) is 1. The highest BCUT2D eigenvalue weighted by molar-refractivity contribution is 7.89. The Bertz CT molecular complexity index is 1160. The highest BCUT2D eigenvalue weighted by Gasteiger charge is 2.38. The van der Waals surface area contributed by atoms with Gasteiger partial charge in [0, 0.05) is 12.2 Å². The van der Waals surface area contributed by atoms with E-state index in [4.69, 9.17) is 21.6 Å². The molecule has 32 heavy (non-hydrogen) atoms. The van der Waals surface area contributed by atoms with Crippen molar-refractivity contribution in [2.45, 2.75) is 37.1 Å². The summed E-state index contributed by atoms with van der Waals surface area (Å²) >= 11 is 5.94. The molecule has 10 heteroatoms. The summed E-state index contributed by atoms with van der Waals surface area (Å²) in [6.45, 7) is 1.48. The van der Waals surface area contributed by atoms with Gasteiger partial charge in [0.25, 0.3) is 5.91 Å². The Labute approximate surface area is 191 Å². The molecule has 2 aromatic carbocycles. The quantitative estimate of drug-likeness (QED) is 0.641. The van der Waals surface area contributed by atoms with Gasteiger partial charge < -0.3 is 10.1 Å². The van der Waals surface area contributed by atoms with Gasteiger partial charge in [-0.25, -0.2) is 8.42 Å². The number of anilines is 1. The molecule has 1 fully saturated rings. The summed E-state index contributed by atoms with van der Waals surface area (Å²) in [5, 5.41) is 11.6. The molecule has 1 atom stereocenters. The van der Waals surface area contributed by atoms with Crippen molar-refractivity contribution in [3.63, 3.8) is 0 Å². The van der Waals surface area contributed by atoms with Crippen LogP contribution in [-0.2, 0) is 24.3 Å². The molecule has 1 saturated heterocycles. The molecule has 0 bridgehead atoms. The largest absolute Gasteiger partial charge is 0.454 e. The number of amides is 1. The average molecular weight is 476 g/mol. The Kier molecular flexibility index (Phi) is 7.51. The van der Waals surface area contributed by atoms with Gasteiger partial charge in [0.15, 0.2) is 6.61 Å². The molecule has 0 aromatic heterocycles. The Balaban J connectivity index is 1.65. The summed E-state index contributed by atoms with van der Waals surface area (Å²) in [6, 6.07) is 11.7. The van der Waals surface area contributed by atoms with E-state index >= 15 is 0 Å². The van der Waals surface area contributed by atoms with Gasteiger partial charge in [-0.2, -0.15) is 9.57 Å². The molecule has 0 radical (unpaired) electrons. The average Bonchev–Trinajstić information content (AvgIpc) is 2.78. The van der Waals surface area contributed by atoms with Crippen LogP contribution < -0.4 is 5.32 Å². The van der Waals surface area contributed by atoms with E-state index in [0.29, 0.717) is 24.9 Å². The van der Waals surface area contributed by atoms with Crippen molar-refractivity contribution in [1.29, 1.82) is 5.26 Å². The van der Waals surface area contributed by atoms with Gasteiger partial charge in [0.05, 0.1) is 15.5 Å². The maximum Gasteiger partial charge on any atom is 0.324 e. The summed E-state index contributed by atoms with van der Waals surface area (Å²) in [5.41, 5.74) is 1.53. The number of benzene rings is 2. The van der Waals surface area contributed by atoms with Crippen molar-refractivity contribution >= 4 is 39.2 Å². The zero-order valence-electron chi connectivity index (χ0n) is 17.4. The third-order valence-electron chi connectivity index (χ3n) is 5.07. The van der Waals surface area contributed by atoms with Gasteiger partial charge in [-0.1, -0.05) is 29.3 Å².